The SMILES string of the molecule is CCCNc1ncc(C)c(NCc2ccnc(OC)c2)n1. The summed E-state index contributed by atoms with van der Waals surface area (Å²) in [7, 11) is 1.61. The molecule has 0 saturated heterocycles. The van der Waals surface area contributed by atoms with Gasteiger partial charge in [-0.3, -0.25) is 0 Å². The molecule has 0 bridgehead atoms. The van der Waals surface area contributed by atoms with Gasteiger partial charge in [0, 0.05) is 37.1 Å². The van der Waals surface area contributed by atoms with Crippen LogP contribution in [0.4, 0.5) is 11.8 Å². The zero-order chi connectivity index (χ0) is 15.1. The van der Waals surface area contributed by atoms with E-state index in [2.05, 4.69) is 32.5 Å². The smallest absolute Gasteiger partial charge is 0.224 e. The van der Waals surface area contributed by atoms with Crippen LogP contribution < -0.4 is 15.4 Å². The maximum absolute atomic E-state index is 5.12. The van der Waals surface area contributed by atoms with Crippen LogP contribution in [0, 0.1) is 6.92 Å². The van der Waals surface area contributed by atoms with Gasteiger partial charge in [-0.25, -0.2) is 9.97 Å². The molecular weight excluding hydrogens is 266 g/mol. The summed E-state index contributed by atoms with van der Waals surface area (Å²) in [4.78, 5) is 12.8. The maximum Gasteiger partial charge on any atom is 0.224 e. The first-order valence-corrected chi connectivity index (χ1v) is 7.03. The van der Waals surface area contributed by atoms with E-state index in [1.54, 1.807) is 13.3 Å². The number of anilines is 2. The highest BCUT2D eigenvalue weighted by Crippen LogP contribution is 2.15. The monoisotopic (exact) mass is 287 g/mol. The van der Waals surface area contributed by atoms with E-state index in [0.29, 0.717) is 18.4 Å². The molecule has 2 rings (SSSR count). The van der Waals surface area contributed by atoms with Gasteiger partial charge in [0.2, 0.25) is 11.8 Å². The molecular formula is C15H21N5O. The standard InChI is InChI=1S/C15H21N5O/c1-4-6-17-15-19-9-11(2)14(20-15)18-10-12-5-7-16-13(8-12)21-3/h5,7-9H,4,6,10H2,1-3H3,(H2,17,18,19,20). The van der Waals surface area contributed by atoms with Crippen LogP contribution in [0.5, 0.6) is 5.88 Å². The minimum Gasteiger partial charge on any atom is -0.481 e. The number of ether oxygens (including phenoxy) is 1. The highest BCUT2D eigenvalue weighted by atomic mass is 16.5. The molecule has 0 aliphatic carbocycles. The average molecular weight is 287 g/mol. The molecule has 2 heterocycles. The van der Waals surface area contributed by atoms with Crippen LogP contribution in [-0.2, 0) is 6.54 Å². The molecule has 0 saturated carbocycles. The van der Waals surface area contributed by atoms with Crippen molar-refractivity contribution in [1.29, 1.82) is 0 Å². The fourth-order valence-corrected chi connectivity index (χ4v) is 1.80. The molecule has 0 radical (unpaired) electrons. The van der Waals surface area contributed by atoms with Crippen LogP contribution in [-0.4, -0.2) is 28.6 Å². The number of aromatic nitrogens is 3. The van der Waals surface area contributed by atoms with E-state index < -0.39 is 0 Å². The lowest BCUT2D eigenvalue weighted by molar-refractivity contribution is 0.397. The quantitative estimate of drug-likeness (QED) is 0.815. The fraction of sp³-hybridized carbons (Fsp3) is 0.400. The van der Waals surface area contributed by atoms with Gasteiger partial charge in [0.25, 0.3) is 0 Å². The predicted molar refractivity (Wildman–Crippen MR) is 83.7 cm³/mol. The molecule has 2 N–H and O–H groups in total. The normalized spacial score (nSPS) is 10.2. The van der Waals surface area contributed by atoms with E-state index in [1.807, 2.05) is 25.3 Å². The summed E-state index contributed by atoms with van der Waals surface area (Å²) in [6.07, 6.45) is 4.59. The molecule has 21 heavy (non-hydrogen) atoms. The van der Waals surface area contributed by atoms with Gasteiger partial charge in [-0.05, 0) is 25.0 Å². The van der Waals surface area contributed by atoms with Crippen LogP contribution in [0.25, 0.3) is 0 Å². The summed E-state index contributed by atoms with van der Waals surface area (Å²) >= 11 is 0. The molecule has 0 atom stereocenters. The number of hydrogen-bond donors (Lipinski definition) is 2. The van der Waals surface area contributed by atoms with E-state index in [0.717, 1.165) is 29.9 Å². The van der Waals surface area contributed by atoms with Gasteiger partial charge in [-0.2, -0.15) is 4.98 Å². The molecule has 0 aliphatic heterocycles. The lowest BCUT2D eigenvalue weighted by Crippen LogP contribution is -2.09. The summed E-state index contributed by atoms with van der Waals surface area (Å²) in [5.41, 5.74) is 2.10. The third kappa shape index (κ3) is 4.30. The Balaban J connectivity index is 2.04. The van der Waals surface area contributed by atoms with Crippen LogP contribution in [0.3, 0.4) is 0 Å². The van der Waals surface area contributed by atoms with Crippen molar-refractivity contribution in [2.75, 3.05) is 24.3 Å². The number of pyridine rings is 1. The van der Waals surface area contributed by atoms with E-state index in [-0.39, 0.29) is 0 Å². The Morgan fingerprint density at radius 2 is 2.10 bits per heavy atom. The number of hydrogen-bond acceptors (Lipinski definition) is 6. The van der Waals surface area contributed by atoms with E-state index >= 15 is 0 Å². The van der Waals surface area contributed by atoms with E-state index in [9.17, 15) is 0 Å². The zero-order valence-corrected chi connectivity index (χ0v) is 12.7. The fourth-order valence-electron chi connectivity index (χ4n) is 1.80. The van der Waals surface area contributed by atoms with Crippen molar-refractivity contribution in [2.24, 2.45) is 0 Å². The number of rotatable bonds is 7. The van der Waals surface area contributed by atoms with Gasteiger partial charge in [-0.15, -0.1) is 0 Å². The van der Waals surface area contributed by atoms with Crippen molar-refractivity contribution in [3.8, 4) is 5.88 Å². The lowest BCUT2D eigenvalue weighted by Gasteiger charge is -2.11. The summed E-state index contributed by atoms with van der Waals surface area (Å²) in [6, 6.07) is 3.85. The van der Waals surface area contributed by atoms with Crippen molar-refractivity contribution in [3.05, 3.63) is 35.7 Å². The van der Waals surface area contributed by atoms with Gasteiger partial charge < -0.3 is 15.4 Å². The predicted octanol–water partition coefficient (Wildman–Crippen LogP) is 2.62. The van der Waals surface area contributed by atoms with Crippen molar-refractivity contribution in [1.82, 2.24) is 15.0 Å². The Hall–Kier alpha value is -2.37. The van der Waals surface area contributed by atoms with Crippen LogP contribution in [0.1, 0.15) is 24.5 Å². The first-order chi connectivity index (χ1) is 10.2. The van der Waals surface area contributed by atoms with Gasteiger partial charge in [0.15, 0.2) is 0 Å². The number of nitrogens with one attached hydrogen (secondary N) is 2. The molecule has 0 spiro atoms. The number of nitrogens with zero attached hydrogens (tertiary/aromatic N) is 3. The molecule has 112 valence electrons. The van der Waals surface area contributed by atoms with Crippen molar-refractivity contribution in [3.63, 3.8) is 0 Å². The number of aryl methyl sites for hydroxylation is 1. The van der Waals surface area contributed by atoms with E-state index in [1.165, 1.54) is 0 Å². The second kappa shape index (κ2) is 7.42. The molecule has 0 amide bonds. The molecule has 0 aliphatic rings. The minimum absolute atomic E-state index is 0.610. The third-order valence-corrected chi connectivity index (χ3v) is 2.97. The Bertz CT molecular complexity index is 588. The second-order valence-electron chi connectivity index (χ2n) is 4.71. The number of methoxy groups -OCH3 is 1. The van der Waals surface area contributed by atoms with Gasteiger partial charge in [0.05, 0.1) is 7.11 Å². The summed E-state index contributed by atoms with van der Waals surface area (Å²) < 4.78 is 5.12. The molecule has 6 nitrogen and oxygen atoms in total. The first kappa shape index (κ1) is 15.0. The van der Waals surface area contributed by atoms with Crippen LogP contribution in [0.15, 0.2) is 24.5 Å². The van der Waals surface area contributed by atoms with Crippen LogP contribution in [0.2, 0.25) is 0 Å². The average Bonchev–Trinajstić information content (AvgIpc) is 2.53. The van der Waals surface area contributed by atoms with Crippen molar-refractivity contribution < 1.29 is 4.74 Å². The lowest BCUT2D eigenvalue weighted by atomic mass is 10.2. The highest BCUT2D eigenvalue weighted by molar-refractivity contribution is 5.46. The molecule has 0 fully saturated rings. The summed E-state index contributed by atoms with van der Waals surface area (Å²) in [6.45, 7) is 5.62. The Labute approximate surface area is 125 Å². The molecule has 2 aromatic rings. The Kier molecular flexibility index (Phi) is 5.31. The summed E-state index contributed by atoms with van der Waals surface area (Å²) in [5.74, 6) is 2.09. The highest BCUT2D eigenvalue weighted by Gasteiger charge is 2.04. The zero-order valence-electron chi connectivity index (χ0n) is 12.7. The topological polar surface area (TPSA) is 72.0 Å². The molecule has 6 heteroatoms. The van der Waals surface area contributed by atoms with Crippen LogP contribution >= 0.6 is 0 Å². The minimum atomic E-state index is 0.610. The maximum atomic E-state index is 5.12. The molecule has 2 aromatic heterocycles. The Morgan fingerprint density at radius 1 is 1.24 bits per heavy atom. The van der Waals surface area contributed by atoms with Gasteiger partial charge >= 0.3 is 0 Å². The van der Waals surface area contributed by atoms with Crippen molar-refractivity contribution in [2.45, 2.75) is 26.8 Å². The van der Waals surface area contributed by atoms with Crippen molar-refractivity contribution >= 4 is 11.8 Å². The molecule has 0 aromatic carbocycles. The van der Waals surface area contributed by atoms with Gasteiger partial charge in [0.1, 0.15) is 5.82 Å². The van der Waals surface area contributed by atoms with Gasteiger partial charge in [-0.1, -0.05) is 6.92 Å². The molecule has 0 unspecified atom stereocenters. The largest absolute Gasteiger partial charge is 0.481 e. The third-order valence-electron chi connectivity index (χ3n) is 2.97. The first-order valence-electron chi connectivity index (χ1n) is 7.03. The second-order valence-corrected chi connectivity index (χ2v) is 4.71. The summed E-state index contributed by atoms with van der Waals surface area (Å²) in [5, 5.41) is 6.51. The Morgan fingerprint density at radius 3 is 2.86 bits per heavy atom. The van der Waals surface area contributed by atoms with E-state index in [4.69, 9.17) is 4.74 Å².